The number of benzene rings is 1. The number of carbonyl (C=O) groups is 1. The Kier molecular flexibility index (Phi) is 4.81. The van der Waals surface area contributed by atoms with Crippen molar-refractivity contribution in [2.24, 2.45) is 5.10 Å². The van der Waals surface area contributed by atoms with Gasteiger partial charge in [0.25, 0.3) is 11.4 Å². The number of carbonyl (C=O) groups excluding carboxylic acids is 1. The molecule has 3 rings (SSSR count). The quantitative estimate of drug-likeness (QED) is 0.610. The molecule has 0 spiro atoms. The summed E-state index contributed by atoms with van der Waals surface area (Å²) in [4.78, 5) is 22.3. The number of nitro groups is 1. The van der Waals surface area contributed by atoms with Gasteiger partial charge in [0.15, 0.2) is 5.76 Å². The first-order chi connectivity index (χ1) is 13.1. The number of nitro benzene ring substituents is 1. The highest BCUT2D eigenvalue weighted by Crippen LogP contribution is 2.39. The summed E-state index contributed by atoms with van der Waals surface area (Å²) in [7, 11) is 0. The van der Waals surface area contributed by atoms with Crippen molar-refractivity contribution in [3.8, 4) is 5.75 Å². The first kappa shape index (κ1) is 19.4. The number of alkyl halides is 3. The van der Waals surface area contributed by atoms with Gasteiger partial charge in [0.2, 0.25) is 0 Å². The van der Waals surface area contributed by atoms with E-state index < -0.39 is 34.9 Å². The molecule has 0 radical (unpaired) electrons. The van der Waals surface area contributed by atoms with Crippen molar-refractivity contribution in [2.45, 2.75) is 24.9 Å². The van der Waals surface area contributed by atoms with Gasteiger partial charge in [-0.05, 0) is 24.3 Å². The Hall–Kier alpha value is -3.41. The second kappa shape index (κ2) is 6.96. The zero-order valence-corrected chi connectivity index (χ0v) is 13.9. The number of halogens is 3. The van der Waals surface area contributed by atoms with E-state index in [-0.39, 0.29) is 28.8 Å². The van der Waals surface area contributed by atoms with Gasteiger partial charge in [-0.1, -0.05) is 0 Å². The van der Waals surface area contributed by atoms with Crippen molar-refractivity contribution >= 4 is 17.8 Å². The molecule has 0 aliphatic carbocycles. The van der Waals surface area contributed by atoms with E-state index in [9.17, 15) is 33.2 Å². The van der Waals surface area contributed by atoms with E-state index in [1.54, 1.807) is 0 Å². The van der Waals surface area contributed by atoms with E-state index in [0.29, 0.717) is 0 Å². The molecule has 0 saturated carbocycles. The Morgan fingerprint density at radius 3 is 2.61 bits per heavy atom. The lowest BCUT2D eigenvalue weighted by Crippen LogP contribution is -2.56. The highest BCUT2D eigenvalue weighted by Gasteiger charge is 2.61. The molecule has 28 heavy (non-hydrogen) atoms. The van der Waals surface area contributed by atoms with Gasteiger partial charge in [0.05, 0.1) is 4.92 Å². The van der Waals surface area contributed by atoms with Crippen LogP contribution in [-0.2, 0) is 6.61 Å². The van der Waals surface area contributed by atoms with Gasteiger partial charge in [-0.2, -0.15) is 23.3 Å². The van der Waals surface area contributed by atoms with Gasteiger partial charge in [0, 0.05) is 24.8 Å². The Bertz CT molecular complexity index is 924. The van der Waals surface area contributed by atoms with Gasteiger partial charge in [-0.3, -0.25) is 14.9 Å². The van der Waals surface area contributed by atoms with E-state index >= 15 is 0 Å². The highest BCUT2D eigenvalue weighted by atomic mass is 19.4. The standard InChI is InChI=1S/C16H12F3N3O6/c17-16(18,19)15(24)7-8-20-21(15)14(23)13-6-5-12(28-13)9-27-11-3-1-10(2-4-11)22(25)26/h1-6,8,24H,7,9H2. The summed E-state index contributed by atoms with van der Waals surface area (Å²) in [5, 5.41) is 23.6. The fraction of sp³-hybridized carbons (Fsp3) is 0.250. The van der Waals surface area contributed by atoms with Crippen LogP contribution < -0.4 is 4.74 Å². The van der Waals surface area contributed by atoms with E-state index in [2.05, 4.69) is 5.10 Å². The number of amides is 1. The molecule has 0 fully saturated rings. The third-order valence-corrected chi connectivity index (χ3v) is 3.87. The highest BCUT2D eigenvalue weighted by molar-refractivity contribution is 5.93. The van der Waals surface area contributed by atoms with Gasteiger partial charge in [0.1, 0.15) is 18.1 Å². The van der Waals surface area contributed by atoms with Crippen LogP contribution in [0.1, 0.15) is 22.7 Å². The van der Waals surface area contributed by atoms with Crippen LogP contribution in [0.3, 0.4) is 0 Å². The minimum Gasteiger partial charge on any atom is -0.486 e. The molecule has 9 nitrogen and oxygen atoms in total. The molecule has 1 aliphatic heterocycles. The predicted octanol–water partition coefficient (Wildman–Crippen LogP) is 2.85. The number of non-ortho nitro benzene ring substituents is 1. The number of rotatable bonds is 5. The zero-order valence-electron chi connectivity index (χ0n) is 13.9. The molecular formula is C16H12F3N3O6. The average molecular weight is 399 g/mol. The molecule has 0 saturated heterocycles. The fourth-order valence-electron chi connectivity index (χ4n) is 2.38. The molecule has 1 aromatic carbocycles. The maximum atomic E-state index is 13.0. The smallest absolute Gasteiger partial charge is 0.438 e. The lowest BCUT2D eigenvalue weighted by molar-refractivity contribution is -0.384. The summed E-state index contributed by atoms with van der Waals surface area (Å²) in [5.74, 6) is -1.34. The van der Waals surface area contributed by atoms with Crippen LogP contribution in [-0.4, -0.2) is 39.1 Å². The van der Waals surface area contributed by atoms with E-state index in [4.69, 9.17) is 9.15 Å². The van der Waals surface area contributed by atoms with Gasteiger partial charge < -0.3 is 14.3 Å². The van der Waals surface area contributed by atoms with Crippen LogP contribution >= 0.6 is 0 Å². The van der Waals surface area contributed by atoms with Crippen molar-refractivity contribution in [1.82, 2.24) is 5.01 Å². The monoisotopic (exact) mass is 399 g/mol. The lowest BCUT2D eigenvalue weighted by atomic mass is 10.1. The van der Waals surface area contributed by atoms with Crippen LogP contribution in [0.4, 0.5) is 18.9 Å². The SMILES string of the molecule is O=C(c1ccc(COc2ccc([N+](=O)[O-])cc2)o1)N1N=CCC1(O)C(F)(F)F. The predicted molar refractivity (Wildman–Crippen MR) is 86.4 cm³/mol. The number of hydrogen-bond acceptors (Lipinski definition) is 7. The summed E-state index contributed by atoms with van der Waals surface area (Å²) in [5.41, 5.74) is -3.56. The summed E-state index contributed by atoms with van der Waals surface area (Å²) in [6, 6.07) is 7.61. The molecule has 12 heteroatoms. The summed E-state index contributed by atoms with van der Waals surface area (Å²) in [6.07, 6.45) is -5.21. The summed E-state index contributed by atoms with van der Waals surface area (Å²) >= 11 is 0. The first-order valence-electron chi connectivity index (χ1n) is 7.74. The maximum absolute atomic E-state index is 13.0. The van der Waals surface area contributed by atoms with E-state index in [1.165, 1.54) is 30.3 Å². The topological polar surface area (TPSA) is 118 Å². The molecule has 1 aromatic heterocycles. The molecule has 2 heterocycles. The minimum atomic E-state index is -5.10. The second-order valence-corrected chi connectivity index (χ2v) is 5.74. The molecule has 1 N–H and O–H groups in total. The van der Waals surface area contributed by atoms with Crippen molar-refractivity contribution in [1.29, 1.82) is 0 Å². The molecule has 148 valence electrons. The first-order valence-corrected chi connectivity index (χ1v) is 7.74. The lowest BCUT2D eigenvalue weighted by Gasteiger charge is -2.31. The Morgan fingerprint density at radius 2 is 2.00 bits per heavy atom. The molecule has 1 atom stereocenters. The van der Waals surface area contributed by atoms with Crippen molar-refractivity contribution < 1.29 is 37.1 Å². The number of nitrogens with zero attached hydrogens (tertiary/aromatic N) is 3. The maximum Gasteiger partial charge on any atom is 0.438 e. The molecule has 1 amide bonds. The van der Waals surface area contributed by atoms with Crippen molar-refractivity contribution in [3.63, 3.8) is 0 Å². The number of hydrogen-bond donors (Lipinski definition) is 1. The van der Waals surface area contributed by atoms with Crippen LogP contribution in [0.25, 0.3) is 0 Å². The number of furan rings is 1. The average Bonchev–Trinajstić information content (AvgIpc) is 3.27. The van der Waals surface area contributed by atoms with E-state index in [1.807, 2.05) is 0 Å². The molecule has 1 aliphatic rings. The largest absolute Gasteiger partial charge is 0.486 e. The van der Waals surface area contributed by atoms with Gasteiger partial charge in [-0.25, -0.2) is 0 Å². The Labute approximate surface area is 154 Å². The van der Waals surface area contributed by atoms with Crippen molar-refractivity contribution in [2.75, 3.05) is 0 Å². The zero-order chi connectivity index (χ0) is 20.5. The Balaban J connectivity index is 1.67. The van der Waals surface area contributed by atoms with E-state index in [0.717, 1.165) is 12.3 Å². The van der Waals surface area contributed by atoms with Crippen molar-refractivity contribution in [3.05, 3.63) is 58.0 Å². The van der Waals surface area contributed by atoms with Gasteiger partial charge in [-0.15, -0.1) is 0 Å². The van der Waals surface area contributed by atoms with Crippen LogP contribution in [0.2, 0.25) is 0 Å². The third-order valence-electron chi connectivity index (χ3n) is 3.87. The summed E-state index contributed by atoms with van der Waals surface area (Å²) in [6.45, 7) is -0.183. The van der Waals surface area contributed by atoms with Crippen LogP contribution in [0, 0.1) is 10.1 Å². The molecule has 2 aromatic rings. The second-order valence-electron chi connectivity index (χ2n) is 5.74. The number of aliphatic hydroxyl groups is 1. The third kappa shape index (κ3) is 3.53. The van der Waals surface area contributed by atoms with Gasteiger partial charge >= 0.3 is 12.1 Å². The molecular weight excluding hydrogens is 387 g/mol. The Morgan fingerprint density at radius 1 is 1.32 bits per heavy atom. The molecule has 0 bridgehead atoms. The fourth-order valence-corrected chi connectivity index (χ4v) is 2.38. The molecule has 1 unspecified atom stereocenters. The normalized spacial score (nSPS) is 19.1. The summed E-state index contributed by atoms with van der Waals surface area (Å²) < 4.78 is 49.7. The van der Waals surface area contributed by atoms with Crippen LogP contribution in [0.5, 0.6) is 5.75 Å². The minimum absolute atomic E-state index is 0.0766. The number of hydrazone groups is 1. The van der Waals surface area contributed by atoms with Crippen LogP contribution in [0.15, 0.2) is 45.9 Å². The number of ether oxygens (including phenoxy) is 1.